The summed E-state index contributed by atoms with van der Waals surface area (Å²) < 4.78 is 8.41. The van der Waals surface area contributed by atoms with Gasteiger partial charge in [0.25, 0.3) is 0 Å². The third-order valence-corrected chi connectivity index (χ3v) is 5.83. The van der Waals surface area contributed by atoms with E-state index in [1.165, 1.54) is 22.5 Å². The molecule has 32 heavy (non-hydrogen) atoms. The van der Waals surface area contributed by atoms with Crippen LogP contribution in [0.1, 0.15) is 62.4 Å². The molecule has 1 aromatic heterocycles. The average Bonchev–Trinajstić information content (AvgIpc) is 3.15. The van der Waals surface area contributed by atoms with Gasteiger partial charge in [0.1, 0.15) is 11.6 Å². The molecule has 5 heteroatoms. The van der Waals surface area contributed by atoms with Crippen LogP contribution in [-0.4, -0.2) is 28.6 Å². The van der Waals surface area contributed by atoms with Gasteiger partial charge in [-0.1, -0.05) is 37.6 Å². The molecule has 1 amide bonds. The molecule has 1 N–H and O–H groups in total. The van der Waals surface area contributed by atoms with Crippen LogP contribution in [0.5, 0.6) is 5.75 Å². The number of benzene rings is 2. The minimum atomic E-state index is 0.133. The van der Waals surface area contributed by atoms with Crippen LogP contribution in [-0.2, 0) is 17.8 Å². The number of hydrogen-bond donors (Lipinski definition) is 1. The summed E-state index contributed by atoms with van der Waals surface area (Å²) in [4.78, 5) is 16.2. The summed E-state index contributed by atoms with van der Waals surface area (Å²) in [6, 6.07) is 14.8. The Balaban J connectivity index is 1.49. The van der Waals surface area contributed by atoms with Gasteiger partial charge in [-0.15, -0.1) is 0 Å². The van der Waals surface area contributed by atoms with Crippen LogP contribution in [0.15, 0.2) is 42.5 Å². The number of carbonyl (C=O) groups is 1. The first-order chi connectivity index (χ1) is 15.6. The molecule has 5 nitrogen and oxygen atoms in total. The first-order valence-corrected chi connectivity index (χ1v) is 12.0. The number of aryl methyl sites for hydroxylation is 4. The van der Waals surface area contributed by atoms with E-state index in [0.717, 1.165) is 69.5 Å². The summed E-state index contributed by atoms with van der Waals surface area (Å²) in [5.74, 6) is 2.29. The van der Waals surface area contributed by atoms with Crippen LogP contribution in [0, 0.1) is 13.8 Å². The van der Waals surface area contributed by atoms with E-state index in [4.69, 9.17) is 9.72 Å². The van der Waals surface area contributed by atoms with Crippen LogP contribution in [0.4, 0.5) is 0 Å². The van der Waals surface area contributed by atoms with E-state index in [1.807, 2.05) is 6.92 Å². The van der Waals surface area contributed by atoms with Crippen LogP contribution in [0.2, 0.25) is 0 Å². The zero-order chi connectivity index (χ0) is 22.8. The van der Waals surface area contributed by atoms with Gasteiger partial charge in [0, 0.05) is 25.9 Å². The minimum Gasteiger partial charge on any atom is -0.493 e. The summed E-state index contributed by atoms with van der Waals surface area (Å²) in [6.07, 6.45) is 6.78. The summed E-state index contributed by atoms with van der Waals surface area (Å²) in [5, 5.41) is 2.95. The molecule has 0 fully saturated rings. The van der Waals surface area contributed by atoms with Gasteiger partial charge in [-0.05, 0) is 68.9 Å². The molecule has 0 aliphatic carbocycles. The lowest BCUT2D eigenvalue weighted by atomic mass is 10.1. The lowest BCUT2D eigenvalue weighted by molar-refractivity contribution is -0.120. The topological polar surface area (TPSA) is 56.2 Å². The summed E-state index contributed by atoms with van der Waals surface area (Å²) >= 11 is 0. The second-order valence-electron chi connectivity index (χ2n) is 8.51. The Bertz CT molecular complexity index is 1010. The maximum atomic E-state index is 11.3. The molecule has 0 atom stereocenters. The molecule has 0 bridgehead atoms. The standard InChI is InChI=1S/C27H37N3O2/c1-4-27(31)28-17-9-5-6-14-26-29-23-12-7-8-13-24(23)30(26)18-10-11-19-32-25-20-21(2)15-16-22(25)3/h7-8,12-13,15-16,20H,4-6,9-11,14,17-19H2,1-3H3,(H,28,31). The van der Waals surface area contributed by atoms with Crippen LogP contribution >= 0.6 is 0 Å². The van der Waals surface area contributed by atoms with Crippen molar-refractivity contribution < 1.29 is 9.53 Å². The average molecular weight is 436 g/mol. The molecule has 0 saturated heterocycles. The number of imidazole rings is 1. The molecule has 3 rings (SSSR count). The lowest BCUT2D eigenvalue weighted by Gasteiger charge is -2.12. The van der Waals surface area contributed by atoms with E-state index < -0.39 is 0 Å². The Hall–Kier alpha value is -2.82. The highest BCUT2D eigenvalue weighted by atomic mass is 16.5. The highest BCUT2D eigenvalue weighted by Gasteiger charge is 2.10. The monoisotopic (exact) mass is 435 g/mol. The largest absolute Gasteiger partial charge is 0.493 e. The first kappa shape index (κ1) is 23.8. The first-order valence-electron chi connectivity index (χ1n) is 12.0. The molecule has 3 aromatic rings. The van der Waals surface area contributed by atoms with Gasteiger partial charge in [-0.2, -0.15) is 0 Å². The van der Waals surface area contributed by atoms with E-state index >= 15 is 0 Å². The van der Waals surface area contributed by atoms with Crippen molar-refractivity contribution in [2.75, 3.05) is 13.2 Å². The van der Waals surface area contributed by atoms with Gasteiger partial charge in [-0.3, -0.25) is 4.79 Å². The van der Waals surface area contributed by atoms with E-state index in [2.05, 4.69) is 66.2 Å². The molecule has 0 aliphatic heterocycles. The van der Waals surface area contributed by atoms with E-state index in [1.54, 1.807) is 0 Å². The Morgan fingerprint density at radius 1 is 1.03 bits per heavy atom. The molecule has 172 valence electrons. The number of para-hydroxylation sites is 2. The molecular weight excluding hydrogens is 398 g/mol. The quantitative estimate of drug-likeness (QED) is 0.348. The Kier molecular flexibility index (Phi) is 9.14. The molecule has 0 unspecified atom stereocenters. The zero-order valence-electron chi connectivity index (χ0n) is 19.8. The lowest BCUT2D eigenvalue weighted by Crippen LogP contribution is -2.23. The summed E-state index contributed by atoms with van der Waals surface area (Å²) in [6.45, 7) is 8.53. The number of fused-ring (bicyclic) bond motifs is 1. The van der Waals surface area contributed by atoms with Crippen molar-refractivity contribution in [1.82, 2.24) is 14.9 Å². The molecular formula is C27H37N3O2. The fourth-order valence-corrected chi connectivity index (χ4v) is 3.92. The Morgan fingerprint density at radius 2 is 1.88 bits per heavy atom. The fraction of sp³-hybridized carbons (Fsp3) is 0.481. The van der Waals surface area contributed by atoms with Gasteiger partial charge in [0.15, 0.2) is 0 Å². The van der Waals surface area contributed by atoms with Gasteiger partial charge >= 0.3 is 0 Å². The molecule has 1 heterocycles. The van der Waals surface area contributed by atoms with Crippen molar-refractivity contribution in [2.45, 2.75) is 72.3 Å². The summed E-state index contributed by atoms with van der Waals surface area (Å²) in [5.41, 5.74) is 4.71. The number of nitrogens with zero attached hydrogens (tertiary/aromatic N) is 2. The highest BCUT2D eigenvalue weighted by molar-refractivity contribution is 5.76. The van der Waals surface area contributed by atoms with Crippen molar-refractivity contribution in [3.63, 3.8) is 0 Å². The molecule has 0 saturated carbocycles. The molecule has 0 radical (unpaired) electrons. The van der Waals surface area contributed by atoms with Crippen molar-refractivity contribution in [3.8, 4) is 5.75 Å². The molecule has 2 aromatic carbocycles. The van der Waals surface area contributed by atoms with Crippen molar-refractivity contribution in [2.24, 2.45) is 0 Å². The number of unbranched alkanes of at least 4 members (excludes halogenated alkanes) is 3. The number of nitrogens with one attached hydrogen (secondary N) is 1. The smallest absolute Gasteiger partial charge is 0.219 e. The van der Waals surface area contributed by atoms with Gasteiger partial charge in [0.2, 0.25) is 5.91 Å². The number of aromatic nitrogens is 2. The fourth-order valence-electron chi connectivity index (χ4n) is 3.92. The zero-order valence-corrected chi connectivity index (χ0v) is 19.8. The third-order valence-electron chi connectivity index (χ3n) is 5.83. The predicted octanol–water partition coefficient (Wildman–Crippen LogP) is 5.75. The number of hydrogen-bond acceptors (Lipinski definition) is 3. The predicted molar refractivity (Wildman–Crippen MR) is 131 cm³/mol. The van der Waals surface area contributed by atoms with E-state index in [0.29, 0.717) is 6.42 Å². The number of carbonyl (C=O) groups excluding carboxylic acids is 1. The highest BCUT2D eigenvalue weighted by Crippen LogP contribution is 2.21. The number of rotatable bonds is 13. The summed E-state index contributed by atoms with van der Waals surface area (Å²) in [7, 11) is 0. The van der Waals surface area contributed by atoms with E-state index in [-0.39, 0.29) is 5.91 Å². The van der Waals surface area contributed by atoms with Gasteiger partial charge in [-0.25, -0.2) is 4.98 Å². The van der Waals surface area contributed by atoms with Crippen LogP contribution in [0.25, 0.3) is 11.0 Å². The normalized spacial score (nSPS) is 11.1. The second-order valence-corrected chi connectivity index (χ2v) is 8.51. The van der Waals surface area contributed by atoms with Gasteiger partial charge < -0.3 is 14.6 Å². The van der Waals surface area contributed by atoms with Crippen molar-refractivity contribution in [1.29, 1.82) is 0 Å². The number of ether oxygens (including phenoxy) is 1. The maximum Gasteiger partial charge on any atom is 0.219 e. The maximum absolute atomic E-state index is 11.3. The minimum absolute atomic E-state index is 0.133. The SMILES string of the molecule is CCC(=O)NCCCCCc1nc2ccccc2n1CCCCOc1cc(C)ccc1C. The Labute approximate surface area is 192 Å². The third kappa shape index (κ3) is 6.84. The van der Waals surface area contributed by atoms with Crippen molar-refractivity contribution >= 4 is 16.9 Å². The van der Waals surface area contributed by atoms with Crippen molar-refractivity contribution in [3.05, 3.63) is 59.4 Å². The van der Waals surface area contributed by atoms with Gasteiger partial charge in [0.05, 0.1) is 17.6 Å². The number of amides is 1. The van der Waals surface area contributed by atoms with Crippen LogP contribution < -0.4 is 10.1 Å². The Morgan fingerprint density at radius 3 is 2.72 bits per heavy atom. The molecule has 0 aliphatic rings. The second kappa shape index (κ2) is 12.3. The van der Waals surface area contributed by atoms with E-state index in [9.17, 15) is 4.79 Å². The van der Waals surface area contributed by atoms with Crippen LogP contribution in [0.3, 0.4) is 0 Å². The molecule has 0 spiro atoms.